The summed E-state index contributed by atoms with van der Waals surface area (Å²) in [5, 5.41) is 0. The molecule has 350 valence electrons. The predicted octanol–water partition coefficient (Wildman–Crippen LogP) is 16.2. The van der Waals surface area contributed by atoms with Gasteiger partial charge in [0, 0.05) is 55.3 Å². The minimum Gasteiger partial charge on any atom is -0.311 e. The first kappa shape index (κ1) is 41.9. The molecule has 2 aliphatic carbocycles. The first-order chi connectivity index (χ1) is 33.8. The van der Waals surface area contributed by atoms with Gasteiger partial charge in [0.25, 0.3) is 6.71 Å². The fourth-order valence-corrected chi connectivity index (χ4v) is 12.6. The van der Waals surface area contributed by atoms with Crippen LogP contribution >= 0.6 is 0 Å². The molecule has 0 saturated heterocycles. The van der Waals surface area contributed by atoms with Crippen LogP contribution in [0.2, 0.25) is 0 Å². The summed E-state index contributed by atoms with van der Waals surface area (Å²) in [5.74, 6) is 0. The molecule has 4 heteroatoms. The molecular weight excluding hydrogens is 834 g/mol. The lowest BCUT2D eigenvalue weighted by atomic mass is 9.33. The molecular formula is C65H72BN3. The molecule has 7 aromatic carbocycles. The van der Waals surface area contributed by atoms with Crippen LogP contribution in [0, 0.1) is 20.7 Å². The molecule has 0 N–H and O–H groups in total. The molecule has 0 saturated carbocycles. The summed E-state index contributed by atoms with van der Waals surface area (Å²) >= 11 is 0. The van der Waals surface area contributed by atoms with Gasteiger partial charge in [-0.2, -0.15) is 0 Å². The molecule has 2 heterocycles. The van der Waals surface area contributed by atoms with Crippen LogP contribution in [-0.2, 0) is 27.1 Å². The van der Waals surface area contributed by atoms with Crippen LogP contribution in [0.1, 0.15) is 150 Å². The zero-order chi connectivity index (χ0) is 51.2. The highest BCUT2D eigenvalue weighted by Crippen LogP contribution is 2.53. The van der Waals surface area contributed by atoms with E-state index >= 15 is 0 Å². The highest BCUT2D eigenvalue weighted by Gasteiger charge is 2.48. The number of benzene rings is 7. The number of aryl methyl sites for hydroxylation is 3. The second-order valence-electron chi connectivity index (χ2n) is 24.7. The van der Waals surface area contributed by atoms with E-state index in [2.05, 4.69) is 226 Å². The van der Waals surface area contributed by atoms with Gasteiger partial charge in [0.1, 0.15) is 0 Å². The molecule has 3 nitrogen and oxygen atoms in total. The van der Waals surface area contributed by atoms with E-state index in [1.807, 2.05) is 12.1 Å². The van der Waals surface area contributed by atoms with E-state index < -0.39 is 6.85 Å². The SMILES string of the molecule is [2H]C([2H])([2H])c1cc2c3c(c1)N(c1ccc(C(C)(C)C)cc1C)c1cc4c(cc1B3c1cc(N(c3ccccc3)c3ccccc3)ccc1N2c1cc2c(cc1C)C(C)(C)CCC2(C)C)C(C)(C)CCC4(C)C. The molecule has 0 radical (unpaired) electrons. The summed E-state index contributed by atoms with van der Waals surface area (Å²) in [6.45, 7) is 28.0. The van der Waals surface area contributed by atoms with E-state index in [9.17, 15) is 4.11 Å². The lowest BCUT2D eigenvalue weighted by molar-refractivity contribution is 0.332. The molecule has 11 rings (SSSR count). The predicted molar refractivity (Wildman–Crippen MR) is 299 cm³/mol. The maximum absolute atomic E-state index is 9.21. The summed E-state index contributed by atoms with van der Waals surface area (Å²) in [6, 6.07) is 49.5. The first-order valence-corrected chi connectivity index (χ1v) is 25.6. The second kappa shape index (κ2) is 15.5. The van der Waals surface area contributed by atoms with Gasteiger partial charge >= 0.3 is 0 Å². The van der Waals surface area contributed by atoms with Crippen molar-refractivity contribution in [2.75, 3.05) is 14.7 Å². The Bertz CT molecular complexity index is 3260. The second-order valence-corrected chi connectivity index (χ2v) is 24.7. The molecule has 0 spiro atoms. The third-order valence-electron chi connectivity index (χ3n) is 17.0. The molecule has 69 heavy (non-hydrogen) atoms. The lowest BCUT2D eigenvalue weighted by Crippen LogP contribution is -2.62. The van der Waals surface area contributed by atoms with Crippen molar-refractivity contribution in [3.63, 3.8) is 0 Å². The molecule has 0 unspecified atom stereocenters. The van der Waals surface area contributed by atoms with Crippen molar-refractivity contribution in [1.82, 2.24) is 0 Å². The van der Waals surface area contributed by atoms with E-state index in [1.54, 1.807) is 0 Å². The van der Waals surface area contributed by atoms with Crippen molar-refractivity contribution in [2.24, 2.45) is 0 Å². The maximum Gasteiger partial charge on any atom is 0.252 e. The molecule has 0 bridgehead atoms. The molecule has 0 fully saturated rings. The Kier molecular flexibility index (Phi) is 9.42. The third kappa shape index (κ3) is 7.21. The normalized spacial score (nSPS) is 18.7. The number of anilines is 9. The van der Waals surface area contributed by atoms with E-state index in [-0.39, 0.29) is 33.8 Å². The molecule has 0 atom stereocenters. The number of fused-ring (bicyclic) bond motifs is 6. The van der Waals surface area contributed by atoms with E-state index in [1.165, 1.54) is 44.3 Å². The number of hydrogen-bond donors (Lipinski definition) is 0. The monoisotopic (exact) mass is 909 g/mol. The number of hydrogen-bond acceptors (Lipinski definition) is 3. The lowest BCUT2D eigenvalue weighted by Gasteiger charge is -2.48. The Morgan fingerprint density at radius 1 is 0.464 bits per heavy atom. The Morgan fingerprint density at radius 2 is 0.928 bits per heavy atom. The fraction of sp³-hybridized carbons (Fsp3) is 0.354. The average Bonchev–Trinajstić information content (AvgIpc) is 3.32. The minimum atomic E-state index is -2.38. The molecule has 4 aliphatic rings. The van der Waals surface area contributed by atoms with Gasteiger partial charge in [-0.15, -0.1) is 0 Å². The highest BCUT2D eigenvalue weighted by atomic mass is 15.2. The summed E-state index contributed by atoms with van der Waals surface area (Å²) in [5.41, 5.74) is 22.4. The summed E-state index contributed by atoms with van der Waals surface area (Å²) in [4.78, 5) is 7.29. The molecule has 7 aromatic rings. The summed E-state index contributed by atoms with van der Waals surface area (Å²) in [6.07, 6.45) is 4.40. The Balaban J connectivity index is 1.30. The van der Waals surface area contributed by atoms with Crippen LogP contribution in [0.25, 0.3) is 0 Å². The first-order valence-electron chi connectivity index (χ1n) is 27.1. The van der Waals surface area contributed by atoms with Crippen LogP contribution in [0.15, 0.2) is 133 Å². The molecule has 2 aliphatic heterocycles. The van der Waals surface area contributed by atoms with Crippen LogP contribution in [0.3, 0.4) is 0 Å². The van der Waals surface area contributed by atoms with Crippen molar-refractivity contribution in [3.05, 3.63) is 178 Å². The Labute approximate surface area is 418 Å². The van der Waals surface area contributed by atoms with Gasteiger partial charge in [-0.1, -0.05) is 137 Å². The Hall–Kier alpha value is -6.00. The van der Waals surface area contributed by atoms with Gasteiger partial charge in [-0.05, 0) is 207 Å². The van der Waals surface area contributed by atoms with E-state index in [0.29, 0.717) is 5.56 Å². The minimum absolute atomic E-state index is 0.0265. The fourth-order valence-electron chi connectivity index (χ4n) is 12.6. The van der Waals surface area contributed by atoms with Crippen molar-refractivity contribution in [1.29, 1.82) is 0 Å². The number of nitrogens with zero attached hydrogens (tertiary/aromatic N) is 3. The third-order valence-corrected chi connectivity index (χ3v) is 17.0. The number of para-hydroxylation sites is 2. The quantitative estimate of drug-likeness (QED) is 0.159. The smallest absolute Gasteiger partial charge is 0.252 e. The highest BCUT2D eigenvalue weighted by molar-refractivity contribution is 7.00. The Morgan fingerprint density at radius 3 is 1.45 bits per heavy atom. The van der Waals surface area contributed by atoms with Crippen LogP contribution in [-0.4, -0.2) is 6.71 Å². The average molecular weight is 909 g/mol. The van der Waals surface area contributed by atoms with Gasteiger partial charge in [0.2, 0.25) is 0 Å². The van der Waals surface area contributed by atoms with E-state index in [0.717, 1.165) is 87.9 Å². The van der Waals surface area contributed by atoms with E-state index in [4.69, 9.17) is 0 Å². The maximum atomic E-state index is 9.21. The summed E-state index contributed by atoms with van der Waals surface area (Å²) in [7, 11) is 0. The number of rotatable bonds is 5. The van der Waals surface area contributed by atoms with Gasteiger partial charge in [-0.25, -0.2) is 0 Å². The van der Waals surface area contributed by atoms with Gasteiger partial charge in [-0.3, -0.25) is 0 Å². The van der Waals surface area contributed by atoms with Crippen LogP contribution < -0.4 is 31.1 Å². The topological polar surface area (TPSA) is 9.72 Å². The van der Waals surface area contributed by atoms with Gasteiger partial charge in [0.05, 0.1) is 0 Å². The van der Waals surface area contributed by atoms with Crippen molar-refractivity contribution in [2.45, 2.75) is 150 Å². The van der Waals surface area contributed by atoms with Crippen molar-refractivity contribution in [3.8, 4) is 0 Å². The zero-order valence-electron chi connectivity index (χ0n) is 46.4. The largest absolute Gasteiger partial charge is 0.311 e. The summed E-state index contributed by atoms with van der Waals surface area (Å²) < 4.78 is 27.6. The standard InChI is InChI=1S/C65H72BN3/c1-41-33-58-60-59(34-41)69(56-39-50-48(36-43(56)3)62(7,8)29-31-64(50,11)12)55-28-26-47(67(45-21-17-15-18-22-45)46-23-19-16-20-24-46)37-52(55)66(60)53-38-49-51(65(13,14)32-30-63(49,9)10)40-57(53)68(58)54-27-25-44(35-42(54)2)61(4,5)6/h15-28,33-40H,29-32H2,1-14H3/i1D3. The molecule has 0 aromatic heterocycles. The van der Waals surface area contributed by atoms with Crippen LogP contribution in [0.5, 0.6) is 0 Å². The van der Waals surface area contributed by atoms with Gasteiger partial charge < -0.3 is 14.7 Å². The van der Waals surface area contributed by atoms with Gasteiger partial charge in [0.15, 0.2) is 0 Å². The van der Waals surface area contributed by atoms with Crippen molar-refractivity contribution < 1.29 is 4.11 Å². The molecule has 0 amide bonds. The zero-order valence-corrected chi connectivity index (χ0v) is 43.4. The van der Waals surface area contributed by atoms with Crippen LogP contribution in [0.4, 0.5) is 51.2 Å². The van der Waals surface area contributed by atoms with Crippen molar-refractivity contribution >= 4 is 74.3 Å².